The zero-order valence-electron chi connectivity index (χ0n) is 10.3. The Morgan fingerprint density at radius 2 is 2.05 bits per heavy atom. The predicted octanol–water partition coefficient (Wildman–Crippen LogP) is 3.61. The van der Waals surface area contributed by atoms with Crippen LogP contribution in [0.15, 0.2) is 22.7 Å². The Hall–Kier alpha value is -2.00. The van der Waals surface area contributed by atoms with Crippen molar-refractivity contribution >= 4 is 27.4 Å². The van der Waals surface area contributed by atoms with E-state index in [9.17, 15) is 9.65 Å². The summed E-state index contributed by atoms with van der Waals surface area (Å²) in [5.74, 6) is 0.0151. The van der Waals surface area contributed by atoms with Gasteiger partial charge in [-0.15, -0.1) is 5.10 Å². The number of hydrogen-bond acceptors (Lipinski definition) is 4. The van der Waals surface area contributed by atoms with Gasteiger partial charge in [0, 0.05) is 5.69 Å². The maximum atomic E-state index is 13.1. The fourth-order valence-electron chi connectivity index (χ4n) is 1.54. The normalized spacial score (nSPS) is 10.1. The van der Waals surface area contributed by atoms with E-state index >= 15 is 0 Å². The van der Waals surface area contributed by atoms with E-state index < -0.39 is 0 Å². The molecule has 0 amide bonds. The first-order chi connectivity index (χ1) is 9.02. The quantitative estimate of drug-likeness (QED) is 0.918. The van der Waals surface area contributed by atoms with Crippen LogP contribution in [-0.4, -0.2) is 10.2 Å². The Kier molecular flexibility index (Phi) is 3.76. The summed E-state index contributed by atoms with van der Waals surface area (Å²) in [7, 11) is 0. The van der Waals surface area contributed by atoms with E-state index in [2.05, 4.69) is 37.5 Å². The number of nitrogens with one attached hydrogen (secondary N) is 1. The van der Waals surface area contributed by atoms with Crippen LogP contribution in [0.5, 0.6) is 0 Å². The molecule has 0 bridgehead atoms. The van der Waals surface area contributed by atoms with Gasteiger partial charge in [-0.25, -0.2) is 4.39 Å². The molecule has 0 aliphatic heterocycles. The maximum absolute atomic E-state index is 13.1. The molecule has 6 heteroatoms. The molecule has 1 N–H and O–H groups in total. The van der Waals surface area contributed by atoms with E-state index in [-0.39, 0.29) is 5.82 Å². The van der Waals surface area contributed by atoms with Crippen LogP contribution in [0.3, 0.4) is 0 Å². The van der Waals surface area contributed by atoms with Gasteiger partial charge in [-0.05, 0) is 53.5 Å². The summed E-state index contributed by atoms with van der Waals surface area (Å²) in [4.78, 5) is 0. The Labute approximate surface area is 118 Å². The molecule has 0 fully saturated rings. The molecule has 2 aromatic rings. The van der Waals surface area contributed by atoms with Crippen LogP contribution >= 0.6 is 15.9 Å². The summed E-state index contributed by atoms with van der Waals surface area (Å²) < 4.78 is 13.5. The molecule has 0 unspecified atom stereocenters. The minimum atomic E-state index is -0.350. The van der Waals surface area contributed by atoms with Crippen molar-refractivity contribution in [3.63, 3.8) is 0 Å². The lowest BCUT2D eigenvalue weighted by molar-refractivity contribution is 0.621. The second kappa shape index (κ2) is 5.33. The molecule has 0 atom stereocenters. The first-order valence-corrected chi connectivity index (χ1v) is 6.28. The van der Waals surface area contributed by atoms with Gasteiger partial charge in [0.05, 0.1) is 10.2 Å². The third-order valence-electron chi connectivity index (χ3n) is 2.75. The van der Waals surface area contributed by atoms with Crippen molar-refractivity contribution in [3.8, 4) is 6.07 Å². The lowest BCUT2D eigenvalue weighted by atomic mass is 10.1. The lowest BCUT2D eigenvalue weighted by Gasteiger charge is -2.09. The van der Waals surface area contributed by atoms with E-state index in [4.69, 9.17) is 0 Å². The SMILES string of the molecule is Cc1nnc(Nc2ccc(F)c(Br)c2)c(C#N)c1C. The number of hydrogen-bond donors (Lipinski definition) is 1. The van der Waals surface area contributed by atoms with Gasteiger partial charge in [0.25, 0.3) is 0 Å². The largest absolute Gasteiger partial charge is 0.338 e. The van der Waals surface area contributed by atoms with Gasteiger partial charge in [-0.2, -0.15) is 10.4 Å². The number of aryl methyl sites for hydroxylation is 1. The number of anilines is 2. The molecule has 1 aromatic carbocycles. The van der Waals surface area contributed by atoms with Crippen LogP contribution in [0.4, 0.5) is 15.9 Å². The van der Waals surface area contributed by atoms with Gasteiger partial charge in [0.1, 0.15) is 17.4 Å². The maximum Gasteiger partial charge on any atom is 0.171 e. The van der Waals surface area contributed by atoms with Crippen LogP contribution in [0, 0.1) is 31.0 Å². The third-order valence-corrected chi connectivity index (χ3v) is 3.36. The summed E-state index contributed by atoms with van der Waals surface area (Å²) in [5.41, 5.74) is 2.55. The van der Waals surface area contributed by atoms with E-state index in [0.717, 1.165) is 5.56 Å². The van der Waals surface area contributed by atoms with Crippen molar-refractivity contribution in [2.24, 2.45) is 0 Å². The first kappa shape index (κ1) is 13.4. The number of nitrogens with zero attached hydrogens (tertiary/aromatic N) is 3. The number of nitriles is 1. The van der Waals surface area contributed by atoms with Gasteiger partial charge in [-0.1, -0.05) is 0 Å². The summed E-state index contributed by atoms with van der Waals surface area (Å²) in [6, 6.07) is 6.57. The number of aromatic nitrogens is 2. The lowest BCUT2D eigenvalue weighted by Crippen LogP contribution is -2.03. The second-order valence-corrected chi connectivity index (χ2v) is 4.85. The predicted molar refractivity (Wildman–Crippen MR) is 73.6 cm³/mol. The molecule has 0 spiro atoms. The highest BCUT2D eigenvalue weighted by atomic mass is 79.9. The molecule has 2 rings (SSSR count). The summed E-state index contributed by atoms with van der Waals surface area (Å²) >= 11 is 3.11. The number of benzene rings is 1. The van der Waals surface area contributed by atoms with Crippen LogP contribution in [-0.2, 0) is 0 Å². The highest BCUT2D eigenvalue weighted by Gasteiger charge is 2.11. The van der Waals surface area contributed by atoms with Crippen molar-refractivity contribution in [1.29, 1.82) is 5.26 Å². The molecule has 1 aromatic heterocycles. The molecule has 19 heavy (non-hydrogen) atoms. The van der Waals surface area contributed by atoms with E-state index in [0.29, 0.717) is 27.2 Å². The summed E-state index contributed by atoms with van der Waals surface area (Å²) in [6.45, 7) is 3.61. The summed E-state index contributed by atoms with van der Waals surface area (Å²) in [5, 5.41) is 20.1. The van der Waals surface area contributed by atoms with Crippen molar-refractivity contribution in [2.75, 3.05) is 5.32 Å². The third kappa shape index (κ3) is 2.71. The Bertz CT molecular complexity index is 679. The standard InChI is InChI=1S/C13H10BrFN4/c1-7-8(2)18-19-13(10(7)6-16)17-9-3-4-12(15)11(14)5-9/h3-5H,1-2H3,(H,17,19). The number of halogens is 2. The zero-order chi connectivity index (χ0) is 14.0. The van der Waals surface area contributed by atoms with Crippen LogP contribution in [0.1, 0.15) is 16.8 Å². The molecule has 0 saturated heterocycles. The van der Waals surface area contributed by atoms with Crippen molar-refractivity contribution in [2.45, 2.75) is 13.8 Å². The van der Waals surface area contributed by atoms with E-state index in [1.807, 2.05) is 6.92 Å². The van der Waals surface area contributed by atoms with Gasteiger partial charge in [0.15, 0.2) is 5.82 Å². The van der Waals surface area contributed by atoms with Crippen LogP contribution in [0.25, 0.3) is 0 Å². The van der Waals surface area contributed by atoms with Crippen molar-refractivity contribution in [1.82, 2.24) is 10.2 Å². The topological polar surface area (TPSA) is 61.6 Å². The molecule has 0 aliphatic rings. The molecule has 1 heterocycles. The molecule has 96 valence electrons. The molecular weight excluding hydrogens is 311 g/mol. The highest BCUT2D eigenvalue weighted by Crippen LogP contribution is 2.25. The number of rotatable bonds is 2. The van der Waals surface area contributed by atoms with Crippen molar-refractivity contribution < 1.29 is 4.39 Å². The monoisotopic (exact) mass is 320 g/mol. The van der Waals surface area contributed by atoms with Crippen LogP contribution in [0.2, 0.25) is 0 Å². The van der Waals surface area contributed by atoms with Gasteiger partial charge < -0.3 is 5.32 Å². The van der Waals surface area contributed by atoms with Crippen LogP contribution < -0.4 is 5.32 Å². The highest BCUT2D eigenvalue weighted by molar-refractivity contribution is 9.10. The van der Waals surface area contributed by atoms with Gasteiger partial charge in [0.2, 0.25) is 0 Å². The average molecular weight is 321 g/mol. The molecular formula is C13H10BrFN4. The average Bonchev–Trinajstić information content (AvgIpc) is 2.39. The van der Waals surface area contributed by atoms with Gasteiger partial charge >= 0.3 is 0 Å². The smallest absolute Gasteiger partial charge is 0.171 e. The molecule has 0 aliphatic carbocycles. The van der Waals surface area contributed by atoms with E-state index in [1.54, 1.807) is 19.1 Å². The minimum absolute atomic E-state index is 0.341. The van der Waals surface area contributed by atoms with E-state index in [1.165, 1.54) is 6.07 Å². The summed E-state index contributed by atoms with van der Waals surface area (Å²) in [6.07, 6.45) is 0. The van der Waals surface area contributed by atoms with Crippen molar-refractivity contribution in [3.05, 3.63) is 45.3 Å². The fraction of sp³-hybridized carbons (Fsp3) is 0.154. The molecule has 0 radical (unpaired) electrons. The van der Waals surface area contributed by atoms with Gasteiger partial charge in [-0.3, -0.25) is 0 Å². The zero-order valence-corrected chi connectivity index (χ0v) is 11.9. The molecule has 0 saturated carbocycles. The minimum Gasteiger partial charge on any atom is -0.338 e. The second-order valence-electron chi connectivity index (χ2n) is 4.00. The fourth-order valence-corrected chi connectivity index (χ4v) is 1.92. The Balaban J connectivity index is 2.41. The Morgan fingerprint density at radius 3 is 2.68 bits per heavy atom. The first-order valence-electron chi connectivity index (χ1n) is 5.49. The Morgan fingerprint density at radius 1 is 1.32 bits per heavy atom. The molecule has 4 nitrogen and oxygen atoms in total.